The number of pyridine rings is 1. The first kappa shape index (κ1) is 34.2. The van der Waals surface area contributed by atoms with Crippen LogP contribution in [0.4, 0.5) is 15.9 Å². The van der Waals surface area contributed by atoms with Crippen molar-refractivity contribution < 1.29 is 19.1 Å². The second kappa shape index (κ2) is 16.0. The summed E-state index contributed by atoms with van der Waals surface area (Å²) in [5, 5.41) is 18.5. The predicted molar refractivity (Wildman–Crippen MR) is 181 cm³/mol. The van der Waals surface area contributed by atoms with Crippen LogP contribution in [0.3, 0.4) is 0 Å². The highest BCUT2D eigenvalue weighted by Gasteiger charge is 2.33. The van der Waals surface area contributed by atoms with Crippen LogP contribution in [-0.4, -0.2) is 63.5 Å². The van der Waals surface area contributed by atoms with Gasteiger partial charge in [0.05, 0.1) is 4.91 Å². The molecule has 2 aromatic rings. The maximum atomic E-state index is 13.5. The number of carboxylic acid groups (broad SMARTS) is 1. The molecule has 0 radical (unpaired) electrons. The van der Waals surface area contributed by atoms with Crippen molar-refractivity contribution in [1.29, 1.82) is 5.26 Å². The highest BCUT2D eigenvalue weighted by atomic mass is 32.2. The van der Waals surface area contributed by atoms with Crippen molar-refractivity contribution in [2.75, 3.05) is 42.5 Å². The summed E-state index contributed by atoms with van der Waals surface area (Å²) in [6.07, 6.45) is 9.74. The molecular formula is C33H40FN5O4S2. The molecule has 0 aliphatic carbocycles. The molecule has 0 atom stereocenters. The Hall–Kier alpha value is -3.69. The van der Waals surface area contributed by atoms with Gasteiger partial charge in [0.2, 0.25) is 0 Å². The number of aliphatic carboxylic acids is 1. The van der Waals surface area contributed by atoms with Crippen LogP contribution in [0.1, 0.15) is 74.5 Å². The van der Waals surface area contributed by atoms with Gasteiger partial charge in [0.25, 0.3) is 11.5 Å². The molecule has 1 N–H and O–H groups in total. The van der Waals surface area contributed by atoms with Crippen LogP contribution in [0.25, 0.3) is 6.08 Å². The van der Waals surface area contributed by atoms with E-state index in [1.54, 1.807) is 37.1 Å². The average molecular weight is 654 g/mol. The molecule has 45 heavy (non-hydrogen) atoms. The SMILES string of the molecule is Cc1c(C=C2SC(=S)N(CCCCCCCCCCC(=O)O)C2=O)c(N2CCN(c3ccc(F)cc3)CC2)n(C)c(=O)c1C#N. The number of thioether (sulfide) groups is 1. The van der Waals surface area contributed by atoms with Crippen molar-refractivity contribution >= 4 is 57.8 Å². The number of hydrogen-bond donors (Lipinski definition) is 1. The molecule has 12 heteroatoms. The van der Waals surface area contributed by atoms with Crippen LogP contribution < -0.4 is 15.4 Å². The molecule has 0 bridgehead atoms. The molecule has 2 aliphatic heterocycles. The Kier molecular flexibility index (Phi) is 12.2. The monoisotopic (exact) mass is 653 g/mol. The molecule has 1 amide bonds. The van der Waals surface area contributed by atoms with E-state index in [1.165, 1.54) is 28.5 Å². The van der Waals surface area contributed by atoms with E-state index in [9.17, 15) is 24.0 Å². The van der Waals surface area contributed by atoms with Crippen LogP contribution in [0.2, 0.25) is 0 Å². The molecular weight excluding hydrogens is 614 g/mol. The number of carbonyl (C=O) groups is 2. The summed E-state index contributed by atoms with van der Waals surface area (Å²) in [5.74, 6) is -0.532. The van der Waals surface area contributed by atoms with Gasteiger partial charge in [0.1, 0.15) is 27.6 Å². The fraction of sp³-hybridized carbons (Fsp3) is 0.485. The fourth-order valence-corrected chi connectivity index (χ4v) is 7.14. The second-order valence-electron chi connectivity index (χ2n) is 11.5. The van der Waals surface area contributed by atoms with E-state index in [2.05, 4.69) is 15.9 Å². The lowest BCUT2D eigenvalue weighted by molar-refractivity contribution is -0.137. The maximum Gasteiger partial charge on any atom is 0.303 e. The van der Waals surface area contributed by atoms with Gasteiger partial charge in [-0.25, -0.2) is 4.39 Å². The van der Waals surface area contributed by atoms with Crippen LogP contribution in [0, 0.1) is 24.1 Å². The average Bonchev–Trinajstić information content (AvgIpc) is 3.29. The normalized spacial score (nSPS) is 16.1. The summed E-state index contributed by atoms with van der Waals surface area (Å²) < 4.78 is 15.4. The first-order chi connectivity index (χ1) is 21.6. The minimum Gasteiger partial charge on any atom is -0.481 e. The Morgan fingerprint density at radius 1 is 1.00 bits per heavy atom. The van der Waals surface area contributed by atoms with Gasteiger partial charge in [0.15, 0.2) is 0 Å². The summed E-state index contributed by atoms with van der Waals surface area (Å²) >= 11 is 6.83. The van der Waals surface area contributed by atoms with E-state index in [0.717, 1.165) is 57.1 Å². The minimum atomic E-state index is -0.740. The Bertz CT molecular complexity index is 1540. The molecule has 2 saturated heterocycles. The zero-order chi connectivity index (χ0) is 32.5. The molecule has 2 fully saturated rings. The minimum absolute atomic E-state index is 0.0508. The number of nitriles is 1. The Morgan fingerprint density at radius 3 is 2.18 bits per heavy atom. The summed E-state index contributed by atoms with van der Waals surface area (Å²) in [5.41, 5.74) is 1.79. The summed E-state index contributed by atoms with van der Waals surface area (Å²) in [7, 11) is 1.66. The summed E-state index contributed by atoms with van der Waals surface area (Å²) in [6, 6.07) is 8.46. The van der Waals surface area contributed by atoms with E-state index in [4.69, 9.17) is 17.3 Å². The van der Waals surface area contributed by atoms with Crippen LogP contribution >= 0.6 is 24.0 Å². The van der Waals surface area contributed by atoms with Crippen LogP contribution in [0.5, 0.6) is 0 Å². The number of piperazine rings is 1. The number of hydrogen-bond acceptors (Lipinski definition) is 8. The first-order valence-electron chi connectivity index (χ1n) is 15.5. The number of carbonyl (C=O) groups excluding carboxylic acids is 1. The van der Waals surface area contributed by atoms with Gasteiger partial charge in [-0.05, 0) is 55.7 Å². The number of thiocarbonyl (C=S) groups is 1. The number of carboxylic acids is 1. The second-order valence-corrected chi connectivity index (χ2v) is 13.1. The van der Waals surface area contributed by atoms with Crippen molar-refractivity contribution in [2.24, 2.45) is 7.05 Å². The molecule has 2 aliphatic rings. The molecule has 1 aromatic heterocycles. The van der Waals surface area contributed by atoms with Crippen molar-refractivity contribution in [2.45, 2.75) is 64.7 Å². The summed E-state index contributed by atoms with van der Waals surface area (Å²) in [4.78, 5) is 43.6. The number of halogens is 1. The largest absolute Gasteiger partial charge is 0.481 e. The lowest BCUT2D eigenvalue weighted by atomic mass is 10.0. The predicted octanol–water partition coefficient (Wildman–Crippen LogP) is 5.83. The molecule has 1 aromatic carbocycles. The molecule has 0 saturated carbocycles. The van der Waals surface area contributed by atoms with Gasteiger partial charge in [-0.15, -0.1) is 0 Å². The lowest BCUT2D eigenvalue weighted by Gasteiger charge is -2.38. The van der Waals surface area contributed by atoms with E-state index in [0.29, 0.717) is 58.9 Å². The van der Waals surface area contributed by atoms with Crippen molar-refractivity contribution in [3.8, 4) is 6.07 Å². The molecule has 0 unspecified atom stereocenters. The van der Waals surface area contributed by atoms with Crippen molar-refractivity contribution in [3.63, 3.8) is 0 Å². The van der Waals surface area contributed by atoms with Gasteiger partial charge < -0.3 is 14.9 Å². The number of amides is 1. The zero-order valence-corrected chi connectivity index (χ0v) is 27.5. The Labute approximate surface area is 273 Å². The highest BCUT2D eigenvalue weighted by Crippen LogP contribution is 2.36. The van der Waals surface area contributed by atoms with Crippen molar-refractivity contribution in [3.05, 3.63) is 62.0 Å². The molecule has 240 valence electrons. The van der Waals surface area contributed by atoms with E-state index in [-0.39, 0.29) is 29.3 Å². The number of anilines is 2. The Morgan fingerprint density at radius 2 is 1.58 bits per heavy atom. The van der Waals surface area contributed by atoms with Gasteiger partial charge in [-0.2, -0.15) is 5.26 Å². The van der Waals surface area contributed by atoms with E-state index < -0.39 is 5.97 Å². The standard InChI is InChI=1S/C33H40FN5O4S2/c1-23-26(21-28-32(43)39(33(44)45-28)16-10-8-6-4-3-5-7-9-11-29(40)41)30(36(2)31(42)27(23)22-35)38-19-17-37(18-20-38)25-14-12-24(34)13-15-25/h12-15,21H,3-11,16-20H2,1-2H3,(H,40,41). The van der Waals surface area contributed by atoms with Gasteiger partial charge in [-0.1, -0.05) is 62.5 Å². The molecule has 9 nitrogen and oxygen atoms in total. The van der Waals surface area contributed by atoms with Crippen LogP contribution in [0.15, 0.2) is 34.0 Å². The number of aromatic nitrogens is 1. The Balaban J connectivity index is 1.42. The van der Waals surface area contributed by atoms with Crippen LogP contribution in [-0.2, 0) is 16.6 Å². The smallest absolute Gasteiger partial charge is 0.303 e. The molecule has 3 heterocycles. The number of nitrogens with zero attached hydrogens (tertiary/aromatic N) is 5. The topological polar surface area (TPSA) is 110 Å². The number of rotatable bonds is 14. The quantitative estimate of drug-likeness (QED) is 0.153. The number of benzene rings is 1. The van der Waals surface area contributed by atoms with Gasteiger partial charge in [-0.3, -0.25) is 23.9 Å². The third-order valence-electron chi connectivity index (χ3n) is 8.41. The molecule has 4 rings (SSSR count). The zero-order valence-electron chi connectivity index (χ0n) is 25.9. The summed E-state index contributed by atoms with van der Waals surface area (Å²) in [6.45, 7) is 4.79. The maximum absolute atomic E-state index is 13.5. The number of unbranched alkanes of at least 4 members (excludes halogenated alkanes) is 7. The van der Waals surface area contributed by atoms with Gasteiger partial charge >= 0.3 is 5.97 Å². The van der Waals surface area contributed by atoms with E-state index >= 15 is 0 Å². The fourth-order valence-electron chi connectivity index (χ4n) is 5.85. The molecule has 0 spiro atoms. The first-order valence-corrected chi connectivity index (χ1v) is 16.7. The highest BCUT2D eigenvalue weighted by molar-refractivity contribution is 8.26. The third kappa shape index (κ3) is 8.52. The van der Waals surface area contributed by atoms with Crippen molar-refractivity contribution in [1.82, 2.24) is 9.47 Å². The third-order valence-corrected chi connectivity index (χ3v) is 9.79. The lowest BCUT2D eigenvalue weighted by Crippen LogP contribution is -2.48. The van der Waals surface area contributed by atoms with Gasteiger partial charge in [0, 0.05) is 57.4 Å². The van der Waals surface area contributed by atoms with E-state index in [1.807, 2.05) is 0 Å².